The molecule has 0 saturated heterocycles. The van der Waals surface area contributed by atoms with Crippen LogP contribution in [0.25, 0.3) is 0 Å². The van der Waals surface area contributed by atoms with E-state index in [2.05, 4.69) is 51.2 Å². The molecule has 192 valence electrons. The number of nitrogens with zero attached hydrogens (tertiary/aromatic N) is 1. The van der Waals surface area contributed by atoms with Gasteiger partial charge < -0.3 is 19.7 Å². The Kier molecular flexibility index (Phi) is 9.80. The lowest BCUT2D eigenvalue weighted by molar-refractivity contribution is 0.0991. The number of para-hydroxylation sites is 1. The van der Waals surface area contributed by atoms with Gasteiger partial charge in [0.15, 0.2) is 0 Å². The largest absolute Gasteiger partial charge is 0.497 e. The molecule has 36 heavy (non-hydrogen) atoms. The van der Waals surface area contributed by atoms with Crippen LogP contribution < -0.4 is 19.7 Å². The number of carbonyl (C=O) groups excluding carboxylic acids is 1. The van der Waals surface area contributed by atoms with Crippen LogP contribution in [-0.4, -0.2) is 26.7 Å². The number of nitrogens with one attached hydrogen (secondary N) is 1. The summed E-state index contributed by atoms with van der Waals surface area (Å²) in [6.07, 6.45) is 12.2. The Morgan fingerprint density at radius 2 is 1.72 bits per heavy atom. The van der Waals surface area contributed by atoms with E-state index >= 15 is 0 Å². The molecule has 5 heteroatoms. The number of allylic oxidation sites excluding steroid dienone is 5. The zero-order chi connectivity index (χ0) is 26.1. The summed E-state index contributed by atoms with van der Waals surface area (Å²) < 4.78 is 11.2. The Labute approximate surface area is 216 Å². The normalized spacial score (nSPS) is 13.4. The van der Waals surface area contributed by atoms with Crippen LogP contribution in [0, 0.1) is 0 Å². The first-order chi connectivity index (χ1) is 17.4. The third-order valence-electron chi connectivity index (χ3n) is 6.53. The van der Waals surface area contributed by atoms with E-state index in [1.807, 2.05) is 36.4 Å². The second-order valence-electron chi connectivity index (χ2n) is 9.44. The highest BCUT2D eigenvalue weighted by Crippen LogP contribution is 2.44. The molecule has 1 aliphatic heterocycles. The quantitative estimate of drug-likeness (QED) is 0.324. The molecule has 0 unspecified atom stereocenters. The van der Waals surface area contributed by atoms with E-state index in [-0.39, 0.29) is 5.91 Å². The molecule has 1 aliphatic rings. The number of anilines is 3. The van der Waals surface area contributed by atoms with Gasteiger partial charge in [-0.05, 0) is 65.0 Å². The van der Waals surface area contributed by atoms with Gasteiger partial charge in [0.25, 0.3) is 5.91 Å². The van der Waals surface area contributed by atoms with E-state index in [1.165, 1.54) is 16.7 Å². The van der Waals surface area contributed by atoms with Crippen LogP contribution in [0.2, 0.25) is 0 Å². The minimum atomic E-state index is -0.0522. The predicted molar refractivity (Wildman–Crippen MR) is 151 cm³/mol. The summed E-state index contributed by atoms with van der Waals surface area (Å²) in [5.74, 6) is 1.22. The molecule has 0 bridgehead atoms. The molecule has 0 aliphatic carbocycles. The minimum absolute atomic E-state index is 0.0522. The van der Waals surface area contributed by atoms with Crippen LogP contribution in [0.15, 0.2) is 71.3 Å². The molecule has 0 spiro atoms. The summed E-state index contributed by atoms with van der Waals surface area (Å²) in [4.78, 5) is 15.5. The Morgan fingerprint density at radius 1 is 0.972 bits per heavy atom. The molecule has 5 nitrogen and oxygen atoms in total. The first-order valence-corrected chi connectivity index (χ1v) is 12.8. The van der Waals surface area contributed by atoms with E-state index in [0.717, 1.165) is 49.2 Å². The number of methoxy groups -OCH3 is 2. The van der Waals surface area contributed by atoms with E-state index in [1.54, 1.807) is 19.1 Å². The van der Waals surface area contributed by atoms with Crippen LogP contribution in [0.5, 0.6) is 11.5 Å². The van der Waals surface area contributed by atoms with Gasteiger partial charge in [-0.15, -0.1) is 0 Å². The second kappa shape index (κ2) is 13.0. The van der Waals surface area contributed by atoms with E-state index in [4.69, 9.17) is 9.47 Å². The fourth-order valence-corrected chi connectivity index (χ4v) is 4.37. The standard InChI is InChI=1S/C31H40N2O3/c1-7-24(14-10-12-22(2)3)15-11-13-23(4)18-19-33-28-20-25(35-5)21-29(36-6)30(28)32-27-17-9-8-16-26(27)31(33)34/h8-9,12,15-18,20-21,32H,7,10-11,13-14,19H2,1-6H3/b23-18+,24-15+. The summed E-state index contributed by atoms with van der Waals surface area (Å²) in [6.45, 7) is 9.14. The van der Waals surface area contributed by atoms with Crippen molar-refractivity contribution >= 4 is 23.0 Å². The highest BCUT2D eigenvalue weighted by Gasteiger charge is 2.28. The lowest BCUT2D eigenvalue weighted by Gasteiger charge is -2.23. The van der Waals surface area contributed by atoms with Gasteiger partial charge in [0.05, 0.1) is 31.2 Å². The van der Waals surface area contributed by atoms with Crippen LogP contribution in [0.4, 0.5) is 17.1 Å². The van der Waals surface area contributed by atoms with Gasteiger partial charge in [-0.2, -0.15) is 0 Å². The van der Waals surface area contributed by atoms with Gasteiger partial charge in [0.1, 0.15) is 17.2 Å². The van der Waals surface area contributed by atoms with E-state index in [0.29, 0.717) is 23.6 Å². The second-order valence-corrected chi connectivity index (χ2v) is 9.44. The first kappa shape index (κ1) is 27.1. The monoisotopic (exact) mass is 488 g/mol. The van der Waals surface area contributed by atoms with Crippen LogP contribution in [-0.2, 0) is 0 Å². The molecule has 0 atom stereocenters. The number of fused-ring (bicyclic) bond motifs is 2. The zero-order valence-corrected chi connectivity index (χ0v) is 22.6. The van der Waals surface area contributed by atoms with Crippen LogP contribution in [0.3, 0.4) is 0 Å². The van der Waals surface area contributed by atoms with Gasteiger partial charge in [0.2, 0.25) is 0 Å². The Balaban J connectivity index is 1.82. The molecule has 0 fully saturated rings. The van der Waals surface area contributed by atoms with Gasteiger partial charge in [-0.25, -0.2) is 0 Å². The highest BCUT2D eigenvalue weighted by atomic mass is 16.5. The van der Waals surface area contributed by atoms with Crippen molar-refractivity contribution in [2.45, 2.75) is 59.8 Å². The third-order valence-corrected chi connectivity index (χ3v) is 6.53. The number of amides is 1. The van der Waals surface area contributed by atoms with Crippen molar-refractivity contribution in [1.82, 2.24) is 0 Å². The highest BCUT2D eigenvalue weighted by molar-refractivity contribution is 6.14. The summed E-state index contributed by atoms with van der Waals surface area (Å²) >= 11 is 0. The maximum absolute atomic E-state index is 13.7. The molecule has 3 rings (SSSR count). The van der Waals surface area contributed by atoms with Crippen LogP contribution >= 0.6 is 0 Å². The van der Waals surface area contributed by atoms with Crippen molar-refractivity contribution in [2.75, 3.05) is 31.0 Å². The SMILES string of the molecule is CC/C(=C\CC/C(C)=C/CN1C(=O)c2ccccc2Nc2c(OC)cc(OC)cc21)CCC=C(C)C. The number of benzene rings is 2. The van der Waals surface area contributed by atoms with Gasteiger partial charge in [-0.1, -0.05) is 54.0 Å². The molecule has 2 aromatic carbocycles. The summed E-state index contributed by atoms with van der Waals surface area (Å²) in [6, 6.07) is 11.3. The topological polar surface area (TPSA) is 50.8 Å². The molecule has 0 radical (unpaired) electrons. The lowest BCUT2D eigenvalue weighted by Crippen LogP contribution is -2.30. The zero-order valence-electron chi connectivity index (χ0n) is 22.6. The summed E-state index contributed by atoms with van der Waals surface area (Å²) in [5, 5.41) is 3.42. The van der Waals surface area contributed by atoms with Crippen molar-refractivity contribution < 1.29 is 14.3 Å². The summed E-state index contributed by atoms with van der Waals surface area (Å²) in [5.41, 5.74) is 7.05. The molecular formula is C31H40N2O3. The molecule has 2 aromatic rings. The molecule has 1 amide bonds. The minimum Gasteiger partial charge on any atom is -0.497 e. The third kappa shape index (κ3) is 6.81. The van der Waals surface area contributed by atoms with Crippen molar-refractivity contribution in [3.8, 4) is 11.5 Å². The van der Waals surface area contributed by atoms with Gasteiger partial charge in [0, 0.05) is 18.7 Å². The van der Waals surface area contributed by atoms with Crippen molar-refractivity contribution in [3.05, 3.63) is 76.9 Å². The van der Waals surface area contributed by atoms with Gasteiger partial charge in [-0.3, -0.25) is 4.79 Å². The Morgan fingerprint density at radius 3 is 2.42 bits per heavy atom. The number of carbonyl (C=O) groups is 1. The Hall–Kier alpha value is -3.47. The molecule has 0 aromatic heterocycles. The maximum Gasteiger partial charge on any atom is 0.260 e. The average Bonchev–Trinajstić information content (AvgIpc) is 2.99. The average molecular weight is 489 g/mol. The fraction of sp³-hybridized carbons (Fsp3) is 0.387. The lowest BCUT2D eigenvalue weighted by atomic mass is 10.0. The Bertz CT molecular complexity index is 1160. The molecule has 1 N–H and O–H groups in total. The smallest absolute Gasteiger partial charge is 0.260 e. The van der Waals surface area contributed by atoms with E-state index < -0.39 is 0 Å². The van der Waals surface area contributed by atoms with Crippen LogP contribution in [0.1, 0.15) is 70.2 Å². The first-order valence-electron chi connectivity index (χ1n) is 12.8. The summed E-state index contributed by atoms with van der Waals surface area (Å²) in [7, 11) is 3.25. The van der Waals surface area contributed by atoms with Crippen molar-refractivity contribution in [1.29, 1.82) is 0 Å². The molecule has 0 saturated carbocycles. The number of hydrogen-bond donors (Lipinski definition) is 1. The van der Waals surface area contributed by atoms with E-state index in [9.17, 15) is 4.79 Å². The molecule has 1 heterocycles. The number of hydrogen-bond acceptors (Lipinski definition) is 4. The van der Waals surface area contributed by atoms with Crippen molar-refractivity contribution in [2.24, 2.45) is 0 Å². The predicted octanol–water partition coefficient (Wildman–Crippen LogP) is 8.22. The fourth-order valence-electron chi connectivity index (χ4n) is 4.37. The number of rotatable bonds is 11. The van der Waals surface area contributed by atoms with Crippen molar-refractivity contribution in [3.63, 3.8) is 0 Å². The van der Waals surface area contributed by atoms with Gasteiger partial charge >= 0.3 is 0 Å². The molecular weight excluding hydrogens is 448 g/mol. The number of ether oxygens (including phenoxy) is 2. The maximum atomic E-state index is 13.7.